The van der Waals surface area contributed by atoms with Gasteiger partial charge in [-0.25, -0.2) is 0 Å². The van der Waals surface area contributed by atoms with Gasteiger partial charge in [-0.15, -0.1) is 0 Å². The number of ether oxygens (including phenoxy) is 1. The van der Waals surface area contributed by atoms with E-state index in [0.717, 1.165) is 31.7 Å². The van der Waals surface area contributed by atoms with Crippen molar-refractivity contribution in [2.24, 2.45) is 5.73 Å². The van der Waals surface area contributed by atoms with E-state index >= 15 is 0 Å². The summed E-state index contributed by atoms with van der Waals surface area (Å²) >= 11 is 0. The molecular weight excluding hydrogens is 246 g/mol. The minimum absolute atomic E-state index is 0.731. The molecule has 0 atom stereocenters. The van der Waals surface area contributed by atoms with Crippen LogP contribution in [0.4, 0.5) is 0 Å². The third kappa shape index (κ3) is 3.61. The predicted molar refractivity (Wildman–Crippen MR) is 85.1 cm³/mol. The summed E-state index contributed by atoms with van der Waals surface area (Å²) in [5, 5.41) is 0. The molecule has 0 radical (unpaired) electrons. The number of aryl methyl sites for hydroxylation is 2. The summed E-state index contributed by atoms with van der Waals surface area (Å²) in [6.45, 7) is 5.77. The second kappa shape index (κ2) is 7.11. The quantitative estimate of drug-likeness (QED) is 0.802. The van der Waals surface area contributed by atoms with E-state index < -0.39 is 0 Å². The van der Waals surface area contributed by atoms with Gasteiger partial charge in [-0.05, 0) is 67.6 Å². The molecule has 0 amide bonds. The van der Waals surface area contributed by atoms with Crippen LogP contribution in [0.25, 0.3) is 11.1 Å². The molecule has 0 saturated heterocycles. The molecule has 0 aliphatic rings. The predicted octanol–water partition coefficient (Wildman–Crippen LogP) is 4.09. The zero-order valence-electron chi connectivity index (χ0n) is 12.4. The molecule has 2 aromatic carbocycles. The molecular formula is C18H23NO. The fraction of sp³-hybridized carbons (Fsp3) is 0.333. The highest BCUT2D eigenvalue weighted by molar-refractivity contribution is 5.71. The summed E-state index contributed by atoms with van der Waals surface area (Å²) in [4.78, 5) is 0. The maximum Gasteiger partial charge on any atom is 0.119 e. The first-order valence-electron chi connectivity index (χ1n) is 7.22. The zero-order chi connectivity index (χ0) is 14.4. The van der Waals surface area contributed by atoms with E-state index in [-0.39, 0.29) is 0 Å². The van der Waals surface area contributed by atoms with Crippen molar-refractivity contribution in [1.29, 1.82) is 0 Å². The molecule has 0 spiro atoms. The molecule has 0 aliphatic carbocycles. The highest BCUT2D eigenvalue weighted by atomic mass is 16.5. The molecule has 0 bridgehead atoms. The van der Waals surface area contributed by atoms with Gasteiger partial charge in [0.05, 0.1) is 6.61 Å². The topological polar surface area (TPSA) is 35.2 Å². The maximum atomic E-state index is 5.70. The van der Waals surface area contributed by atoms with Crippen LogP contribution in [0.2, 0.25) is 0 Å². The first kappa shape index (κ1) is 14.6. The lowest BCUT2D eigenvalue weighted by molar-refractivity contribution is 0.308. The van der Waals surface area contributed by atoms with Crippen molar-refractivity contribution in [1.82, 2.24) is 0 Å². The minimum atomic E-state index is 0.731. The first-order chi connectivity index (χ1) is 9.72. The maximum absolute atomic E-state index is 5.70. The van der Waals surface area contributed by atoms with Gasteiger partial charge in [0.2, 0.25) is 0 Å². The fourth-order valence-corrected chi connectivity index (χ4v) is 2.42. The van der Waals surface area contributed by atoms with Gasteiger partial charge < -0.3 is 10.5 Å². The van der Waals surface area contributed by atoms with Gasteiger partial charge >= 0.3 is 0 Å². The van der Waals surface area contributed by atoms with Crippen LogP contribution in [0.1, 0.15) is 24.0 Å². The molecule has 0 heterocycles. The monoisotopic (exact) mass is 269 g/mol. The normalized spacial score (nSPS) is 10.6. The van der Waals surface area contributed by atoms with Gasteiger partial charge in [-0.3, -0.25) is 0 Å². The molecule has 0 aliphatic heterocycles. The Bertz CT molecular complexity index is 526. The van der Waals surface area contributed by atoms with E-state index in [2.05, 4.69) is 44.2 Å². The molecule has 20 heavy (non-hydrogen) atoms. The number of rotatable bonds is 6. The van der Waals surface area contributed by atoms with E-state index in [1.54, 1.807) is 0 Å². The Hall–Kier alpha value is -1.80. The van der Waals surface area contributed by atoms with Crippen LogP contribution >= 0.6 is 0 Å². The summed E-state index contributed by atoms with van der Waals surface area (Å²) in [7, 11) is 0. The van der Waals surface area contributed by atoms with Gasteiger partial charge in [0.25, 0.3) is 0 Å². The number of benzene rings is 2. The lowest BCUT2D eigenvalue weighted by Crippen LogP contribution is -2.03. The number of hydrogen-bond acceptors (Lipinski definition) is 2. The van der Waals surface area contributed by atoms with Crippen molar-refractivity contribution < 1.29 is 4.74 Å². The zero-order valence-corrected chi connectivity index (χ0v) is 12.4. The standard InChI is InChI=1S/C18H23NO/c1-14-6-5-7-15(2)18(14)16-8-10-17(11-9-16)20-13-4-3-12-19/h5-11H,3-4,12-13,19H2,1-2H3. The summed E-state index contributed by atoms with van der Waals surface area (Å²) in [6.07, 6.45) is 2.02. The lowest BCUT2D eigenvalue weighted by Gasteiger charge is -2.11. The van der Waals surface area contributed by atoms with E-state index in [1.165, 1.54) is 22.3 Å². The highest BCUT2D eigenvalue weighted by Crippen LogP contribution is 2.28. The molecule has 0 aromatic heterocycles. The van der Waals surface area contributed by atoms with Crippen molar-refractivity contribution in [3.63, 3.8) is 0 Å². The van der Waals surface area contributed by atoms with Crippen molar-refractivity contribution in [2.75, 3.05) is 13.2 Å². The van der Waals surface area contributed by atoms with Gasteiger partial charge in [0, 0.05) is 0 Å². The van der Waals surface area contributed by atoms with Crippen LogP contribution in [-0.4, -0.2) is 13.2 Å². The molecule has 2 rings (SSSR count). The lowest BCUT2D eigenvalue weighted by atomic mass is 9.96. The Morgan fingerprint density at radius 1 is 0.900 bits per heavy atom. The fourth-order valence-electron chi connectivity index (χ4n) is 2.42. The Labute approximate surface area is 121 Å². The van der Waals surface area contributed by atoms with Crippen LogP contribution in [0.15, 0.2) is 42.5 Å². The van der Waals surface area contributed by atoms with Crippen LogP contribution in [-0.2, 0) is 0 Å². The van der Waals surface area contributed by atoms with Crippen LogP contribution in [0.5, 0.6) is 5.75 Å². The summed E-state index contributed by atoms with van der Waals surface area (Å²) in [5.74, 6) is 0.928. The van der Waals surface area contributed by atoms with Crippen molar-refractivity contribution in [2.45, 2.75) is 26.7 Å². The number of nitrogens with two attached hydrogens (primary N) is 1. The van der Waals surface area contributed by atoms with Crippen molar-refractivity contribution in [3.8, 4) is 16.9 Å². The van der Waals surface area contributed by atoms with Gasteiger partial charge in [0.15, 0.2) is 0 Å². The SMILES string of the molecule is Cc1cccc(C)c1-c1ccc(OCCCCN)cc1. The summed E-state index contributed by atoms with van der Waals surface area (Å²) in [6, 6.07) is 14.8. The number of hydrogen-bond donors (Lipinski definition) is 1. The first-order valence-corrected chi connectivity index (χ1v) is 7.22. The molecule has 106 valence electrons. The Morgan fingerprint density at radius 2 is 1.55 bits per heavy atom. The van der Waals surface area contributed by atoms with Gasteiger partial charge in [0.1, 0.15) is 5.75 Å². The molecule has 2 aromatic rings. The van der Waals surface area contributed by atoms with E-state index in [9.17, 15) is 0 Å². The Morgan fingerprint density at radius 3 is 2.15 bits per heavy atom. The second-order valence-electron chi connectivity index (χ2n) is 5.14. The number of unbranched alkanes of at least 4 members (excludes halogenated alkanes) is 1. The molecule has 2 nitrogen and oxygen atoms in total. The second-order valence-corrected chi connectivity index (χ2v) is 5.14. The Kier molecular flexibility index (Phi) is 5.19. The third-order valence-electron chi connectivity index (χ3n) is 3.49. The van der Waals surface area contributed by atoms with Crippen molar-refractivity contribution >= 4 is 0 Å². The van der Waals surface area contributed by atoms with Gasteiger partial charge in [-0.2, -0.15) is 0 Å². The van der Waals surface area contributed by atoms with Gasteiger partial charge in [-0.1, -0.05) is 30.3 Å². The van der Waals surface area contributed by atoms with E-state index in [1.807, 2.05) is 12.1 Å². The van der Waals surface area contributed by atoms with Crippen LogP contribution in [0, 0.1) is 13.8 Å². The molecule has 2 heteroatoms. The minimum Gasteiger partial charge on any atom is -0.494 e. The Balaban J connectivity index is 2.08. The van der Waals surface area contributed by atoms with Crippen molar-refractivity contribution in [3.05, 3.63) is 53.6 Å². The largest absolute Gasteiger partial charge is 0.494 e. The molecule has 2 N–H and O–H groups in total. The molecule has 0 saturated carbocycles. The van der Waals surface area contributed by atoms with Crippen LogP contribution in [0.3, 0.4) is 0 Å². The average molecular weight is 269 g/mol. The van der Waals surface area contributed by atoms with Crippen LogP contribution < -0.4 is 10.5 Å². The third-order valence-corrected chi connectivity index (χ3v) is 3.49. The molecule has 0 fully saturated rings. The summed E-state index contributed by atoms with van der Waals surface area (Å²) < 4.78 is 5.70. The smallest absolute Gasteiger partial charge is 0.119 e. The molecule has 0 unspecified atom stereocenters. The highest BCUT2D eigenvalue weighted by Gasteiger charge is 2.05. The average Bonchev–Trinajstić information content (AvgIpc) is 2.45. The summed E-state index contributed by atoms with van der Waals surface area (Å²) in [5.41, 5.74) is 10.6. The van der Waals surface area contributed by atoms with E-state index in [0.29, 0.717) is 0 Å². The van der Waals surface area contributed by atoms with E-state index in [4.69, 9.17) is 10.5 Å².